The number of aliphatic carboxylic acids is 1. The summed E-state index contributed by atoms with van der Waals surface area (Å²) < 4.78 is 35.0. The highest BCUT2D eigenvalue weighted by atomic mass is 32.2. The second kappa shape index (κ2) is 7.04. The normalized spacial score (nSPS) is 12.5. The van der Waals surface area contributed by atoms with Crippen molar-refractivity contribution in [3.05, 3.63) is 29.8 Å². The molecule has 0 aliphatic rings. The van der Waals surface area contributed by atoms with Crippen molar-refractivity contribution in [2.75, 3.05) is 12.9 Å². The highest BCUT2D eigenvalue weighted by molar-refractivity contribution is 7.85. The lowest BCUT2D eigenvalue weighted by atomic mass is 10.1. The van der Waals surface area contributed by atoms with Crippen LogP contribution in [0.4, 0.5) is 0 Å². The number of nitrogens with one attached hydrogen (secondary N) is 1. The van der Waals surface area contributed by atoms with E-state index in [2.05, 4.69) is 0 Å². The van der Waals surface area contributed by atoms with Crippen molar-refractivity contribution in [2.24, 2.45) is 0 Å². The van der Waals surface area contributed by atoms with Gasteiger partial charge in [-0.15, -0.1) is 0 Å². The Hall–Kier alpha value is -2.13. The van der Waals surface area contributed by atoms with E-state index in [1.54, 1.807) is 24.3 Å². The fraction of sp³-hybridized carbons (Fsp3) is 0.333. The fourth-order valence-electron chi connectivity index (χ4n) is 1.56. The summed E-state index contributed by atoms with van der Waals surface area (Å²) in [4.78, 5) is 22.5. The van der Waals surface area contributed by atoms with Gasteiger partial charge < -0.3 is 15.2 Å². The van der Waals surface area contributed by atoms with Crippen LogP contribution in [0.15, 0.2) is 24.3 Å². The topological polar surface area (TPSA) is 130 Å². The first-order valence-electron chi connectivity index (χ1n) is 5.81. The van der Waals surface area contributed by atoms with Crippen LogP contribution >= 0.6 is 0 Å². The molecule has 8 nitrogen and oxygen atoms in total. The lowest BCUT2D eigenvalue weighted by Gasteiger charge is -2.13. The van der Waals surface area contributed by atoms with E-state index >= 15 is 0 Å². The zero-order valence-electron chi connectivity index (χ0n) is 11.1. The van der Waals surface area contributed by atoms with Crippen LogP contribution in [0.2, 0.25) is 0 Å². The number of hydrogen-bond acceptors (Lipinski definition) is 5. The minimum atomic E-state index is -4.51. The number of ether oxygens (including phenoxy) is 1. The molecule has 0 saturated heterocycles. The number of carboxylic acids is 1. The molecule has 1 atom stereocenters. The number of carboxylic acid groups (broad SMARTS) is 1. The van der Waals surface area contributed by atoms with Gasteiger partial charge >= 0.3 is 5.97 Å². The van der Waals surface area contributed by atoms with Crippen LogP contribution in [0.3, 0.4) is 0 Å². The van der Waals surface area contributed by atoms with Crippen molar-refractivity contribution < 1.29 is 32.4 Å². The molecule has 0 radical (unpaired) electrons. The Morgan fingerprint density at radius 2 is 1.86 bits per heavy atom. The minimum Gasteiger partial charge on any atom is -0.497 e. The van der Waals surface area contributed by atoms with Crippen molar-refractivity contribution in [3.8, 4) is 5.75 Å². The Balaban J connectivity index is 2.67. The molecule has 0 spiro atoms. The Kier molecular flexibility index (Phi) is 5.68. The van der Waals surface area contributed by atoms with Crippen molar-refractivity contribution in [1.82, 2.24) is 5.32 Å². The third kappa shape index (κ3) is 6.23. The van der Waals surface area contributed by atoms with Crippen molar-refractivity contribution in [3.63, 3.8) is 0 Å². The van der Waals surface area contributed by atoms with E-state index in [0.717, 1.165) is 0 Å². The van der Waals surface area contributed by atoms with Gasteiger partial charge in [0.1, 0.15) is 17.5 Å². The van der Waals surface area contributed by atoms with E-state index in [4.69, 9.17) is 14.4 Å². The van der Waals surface area contributed by atoms with Gasteiger partial charge in [-0.25, -0.2) is 4.79 Å². The number of carbonyl (C=O) groups is 2. The first kappa shape index (κ1) is 16.9. The quantitative estimate of drug-likeness (QED) is 0.588. The zero-order chi connectivity index (χ0) is 16.0. The molecule has 1 aromatic carbocycles. The smallest absolute Gasteiger partial charge is 0.327 e. The zero-order valence-corrected chi connectivity index (χ0v) is 12.0. The number of hydrogen-bond donors (Lipinski definition) is 3. The summed E-state index contributed by atoms with van der Waals surface area (Å²) in [6.07, 6.45) is -0.126. The molecule has 0 heterocycles. The molecule has 9 heteroatoms. The highest BCUT2D eigenvalue weighted by Crippen LogP contribution is 2.11. The van der Waals surface area contributed by atoms with Crippen molar-refractivity contribution in [1.29, 1.82) is 0 Å². The van der Waals surface area contributed by atoms with E-state index in [1.165, 1.54) is 7.11 Å². The minimum absolute atomic E-state index is 0.126. The molecule has 1 rings (SSSR count). The van der Waals surface area contributed by atoms with Gasteiger partial charge in [-0.1, -0.05) is 12.1 Å². The second-order valence-corrected chi connectivity index (χ2v) is 5.73. The number of rotatable bonds is 7. The lowest BCUT2D eigenvalue weighted by Crippen LogP contribution is -2.45. The fourth-order valence-corrected chi connectivity index (χ4v) is 2.21. The third-order valence-electron chi connectivity index (χ3n) is 2.53. The number of amides is 1. The van der Waals surface area contributed by atoms with Crippen LogP contribution in [0.25, 0.3) is 0 Å². The molecular formula is C12H15NO7S. The standard InChI is InChI=1S/C12H15NO7S/c1-20-9-4-2-8(3-5-9)6-11(14)13-10(12(15)16)7-21(17,18)19/h2-5,10H,6-7H2,1H3,(H,13,14)(H,15,16)(H,17,18,19). The van der Waals surface area contributed by atoms with Crippen LogP contribution in [0.1, 0.15) is 5.56 Å². The SMILES string of the molecule is COc1ccc(CC(=O)NC(CS(=O)(=O)O)C(=O)O)cc1. The maximum Gasteiger partial charge on any atom is 0.327 e. The van der Waals surface area contributed by atoms with Gasteiger partial charge in [-0.2, -0.15) is 8.42 Å². The number of methoxy groups -OCH3 is 1. The molecule has 116 valence electrons. The average Bonchev–Trinajstić information content (AvgIpc) is 2.37. The summed E-state index contributed by atoms with van der Waals surface area (Å²) in [5, 5.41) is 10.9. The molecule has 3 N–H and O–H groups in total. The molecule has 0 fully saturated rings. The van der Waals surface area contributed by atoms with Crippen molar-refractivity contribution in [2.45, 2.75) is 12.5 Å². The number of carbonyl (C=O) groups excluding carboxylic acids is 1. The Labute approximate surface area is 121 Å². The van der Waals surface area contributed by atoms with Crippen LogP contribution in [-0.4, -0.2) is 48.9 Å². The van der Waals surface area contributed by atoms with Gasteiger partial charge in [0.2, 0.25) is 5.91 Å². The number of benzene rings is 1. The van der Waals surface area contributed by atoms with Gasteiger partial charge in [0.15, 0.2) is 0 Å². The molecular weight excluding hydrogens is 302 g/mol. The Morgan fingerprint density at radius 1 is 1.29 bits per heavy atom. The predicted octanol–water partition coefficient (Wildman–Crippen LogP) is -0.305. The van der Waals surface area contributed by atoms with Gasteiger partial charge in [0.05, 0.1) is 13.5 Å². The molecule has 0 bridgehead atoms. The molecule has 0 aromatic heterocycles. The molecule has 0 aliphatic carbocycles. The first-order chi connectivity index (χ1) is 9.71. The summed E-state index contributed by atoms with van der Waals surface area (Å²) in [6, 6.07) is 4.81. The Bertz CT molecular complexity index is 609. The summed E-state index contributed by atoms with van der Waals surface area (Å²) in [5.41, 5.74) is 0.601. The average molecular weight is 317 g/mol. The monoisotopic (exact) mass is 317 g/mol. The van der Waals surface area contributed by atoms with Crippen molar-refractivity contribution >= 4 is 22.0 Å². The van der Waals surface area contributed by atoms with Gasteiger partial charge in [0.25, 0.3) is 10.1 Å². The van der Waals surface area contributed by atoms with Crippen LogP contribution in [0, 0.1) is 0 Å². The molecule has 21 heavy (non-hydrogen) atoms. The first-order valence-corrected chi connectivity index (χ1v) is 7.42. The Morgan fingerprint density at radius 3 is 2.29 bits per heavy atom. The molecule has 0 aliphatic heterocycles. The van der Waals surface area contributed by atoms with E-state index in [-0.39, 0.29) is 6.42 Å². The summed E-state index contributed by atoms with van der Waals surface area (Å²) >= 11 is 0. The van der Waals surface area contributed by atoms with E-state index in [1.807, 2.05) is 5.32 Å². The highest BCUT2D eigenvalue weighted by Gasteiger charge is 2.25. The predicted molar refractivity (Wildman–Crippen MR) is 72.7 cm³/mol. The van der Waals surface area contributed by atoms with E-state index < -0.39 is 33.8 Å². The van der Waals surface area contributed by atoms with Crippen LogP contribution < -0.4 is 10.1 Å². The van der Waals surface area contributed by atoms with Crippen LogP contribution in [0.5, 0.6) is 5.75 Å². The van der Waals surface area contributed by atoms with E-state index in [0.29, 0.717) is 11.3 Å². The molecule has 1 unspecified atom stereocenters. The van der Waals surface area contributed by atoms with E-state index in [9.17, 15) is 18.0 Å². The van der Waals surface area contributed by atoms with Gasteiger partial charge in [-0.05, 0) is 17.7 Å². The largest absolute Gasteiger partial charge is 0.497 e. The summed E-state index contributed by atoms with van der Waals surface area (Å²) in [7, 11) is -3.01. The van der Waals surface area contributed by atoms with Crippen LogP contribution in [-0.2, 0) is 26.1 Å². The summed E-state index contributed by atoms with van der Waals surface area (Å²) in [5.74, 6) is -2.70. The third-order valence-corrected chi connectivity index (χ3v) is 3.29. The lowest BCUT2D eigenvalue weighted by molar-refractivity contribution is -0.141. The summed E-state index contributed by atoms with van der Waals surface area (Å²) in [6.45, 7) is 0. The van der Waals surface area contributed by atoms with Gasteiger partial charge in [-0.3, -0.25) is 9.35 Å². The molecule has 0 saturated carbocycles. The molecule has 1 amide bonds. The molecule has 1 aromatic rings. The second-order valence-electron chi connectivity index (χ2n) is 4.23. The maximum atomic E-state index is 11.7. The maximum absolute atomic E-state index is 11.7. The van der Waals surface area contributed by atoms with Gasteiger partial charge in [0, 0.05) is 0 Å².